The van der Waals surface area contributed by atoms with Crippen LogP contribution in [0.4, 0.5) is 44.7 Å². The number of aryl methyl sites for hydroxylation is 4. The number of imide groups is 2. The number of ether oxygens (including phenoxy) is 2. The maximum atomic E-state index is 15.1. The van der Waals surface area contributed by atoms with Crippen molar-refractivity contribution in [2.75, 3.05) is 0 Å². The Morgan fingerprint density at radius 2 is 0.607 bits per heavy atom. The van der Waals surface area contributed by atoms with Crippen LogP contribution in [-0.2, 0) is 60.8 Å². The maximum Gasteiger partial charge on any atom is 0.408 e. The summed E-state index contributed by atoms with van der Waals surface area (Å²) in [4.78, 5) is 132. The summed E-state index contributed by atoms with van der Waals surface area (Å²) in [5.74, 6) is -7.14. The van der Waals surface area contributed by atoms with Gasteiger partial charge in [0.15, 0.2) is 35.5 Å². The summed E-state index contributed by atoms with van der Waals surface area (Å²) >= 11 is 0. The van der Waals surface area contributed by atoms with Crippen LogP contribution in [0.3, 0.4) is 0 Å². The van der Waals surface area contributed by atoms with Crippen molar-refractivity contribution in [3.8, 4) is 0 Å². The van der Waals surface area contributed by atoms with E-state index in [0.717, 1.165) is 68.8 Å². The highest BCUT2D eigenvalue weighted by atomic mass is 19.1. The molecule has 6 amide bonds. The van der Waals surface area contributed by atoms with E-state index in [1.54, 1.807) is 90.1 Å². The van der Waals surface area contributed by atoms with Crippen LogP contribution >= 0.6 is 0 Å². The molecule has 0 bridgehead atoms. The van der Waals surface area contributed by atoms with Crippen molar-refractivity contribution < 1.29 is 111 Å². The predicted molar refractivity (Wildman–Crippen MR) is 513 cm³/mol. The first-order chi connectivity index (χ1) is 66.6. The number of nitrogens with one attached hydrogen (secondary N) is 2. The number of alkyl carbamates (subject to hydrolysis) is 2. The largest absolute Gasteiger partial charge is 0.444 e. The Bertz CT molecular complexity index is 6160. The second-order valence-electron chi connectivity index (χ2n) is 33.5. The minimum absolute atomic E-state index is 0.0372. The molecule has 0 radical (unpaired) electrons. The molecule has 22 nitrogen and oxygen atoms in total. The van der Waals surface area contributed by atoms with Gasteiger partial charge in [0.25, 0.3) is 23.6 Å². The average Bonchev–Trinajstić information content (AvgIpc) is 1.29. The number of aromatic nitrogens is 2. The predicted octanol–water partition coefficient (Wildman–Crippen LogP) is 24.1. The van der Waals surface area contributed by atoms with E-state index >= 15 is 8.78 Å². The molecule has 4 heterocycles. The van der Waals surface area contributed by atoms with Gasteiger partial charge in [0.1, 0.15) is 68.8 Å². The summed E-state index contributed by atoms with van der Waals surface area (Å²) in [5.41, 5.74) is 11.5. The second-order valence-corrected chi connectivity index (χ2v) is 33.5. The number of ketones is 2. The number of carbonyl (C=O) groups excluding carboxylic acids is 10. The molecule has 724 valence electrons. The summed E-state index contributed by atoms with van der Waals surface area (Å²) in [6, 6.07) is 79.3. The number of amides is 6. The summed E-state index contributed by atoms with van der Waals surface area (Å²) in [6.07, 6.45) is 1.57. The van der Waals surface area contributed by atoms with Crippen LogP contribution in [0.15, 0.2) is 313 Å². The molecular weight excluding hydrogens is 1810 g/mol. The van der Waals surface area contributed by atoms with Crippen LogP contribution in [-0.4, -0.2) is 103 Å². The zero-order valence-electron chi connectivity index (χ0n) is 78.6. The Morgan fingerprint density at radius 3 is 0.871 bits per heavy atom. The Balaban J connectivity index is 0.000000181. The maximum absolute atomic E-state index is 15.1. The van der Waals surface area contributed by atoms with Crippen LogP contribution in [0, 0.1) is 62.6 Å². The molecule has 2 fully saturated rings. The minimum Gasteiger partial charge on any atom is -0.444 e. The normalized spacial score (nSPS) is 12.2. The van der Waals surface area contributed by atoms with Gasteiger partial charge in [-0.25, -0.2) is 64.3 Å². The SMILES string of the molecule is CC(=O)[C@H](Cc1cc(C)c(C)cc1F)NC(=O)OC(C)(C)C.CC(=O)[C@H](Cc1cc(C)c(C)cc1[18F])NC(=O)OC(C)(C)C.FC(=C(c1ccccc1)c1ccccc1)c1ccccc1.Fc1ccc2ocnc2c1.O=C(ON1C(=O)CCC1=O)c1ccc(F)cc1.O=C(ON1C(=O)CCC1=O)c1ccc([18F])cc1.[18F]C(=C(c1ccccc1)c1ccccc1)c1ccccc1.[18F]c1ccc2ocnc2c1. The van der Waals surface area contributed by atoms with Crippen LogP contribution in [0.1, 0.15) is 169 Å². The lowest BCUT2D eigenvalue weighted by molar-refractivity contribution is -0.173. The van der Waals surface area contributed by atoms with Crippen molar-refractivity contribution in [2.45, 2.75) is 145 Å². The van der Waals surface area contributed by atoms with Gasteiger partial charge in [0, 0.05) is 72.9 Å². The number of Topliss-reactive ketones (excluding diaryl/α,β-unsaturated/α-hetero) is 2. The molecule has 2 saturated heterocycles. The van der Waals surface area contributed by atoms with E-state index in [1.807, 2.05) is 185 Å². The fraction of sp³-hybridized carbons (Fsp3) is 0.200. The first-order valence-electron chi connectivity index (χ1n) is 43.9. The first-order valence-corrected chi connectivity index (χ1v) is 43.9. The van der Waals surface area contributed by atoms with E-state index in [9.17, 15) is 74.3 Å². The molecule has 0 aliphatic carbocycles. The third-order valence-corrected chi connectivity index (χ3v) is 20.4. The molecular formula is C110H102F8N6O16. The van der Waals surface area contributed by atoms with Gasteiger partial charge in [-0.1, -0.05) is 194 Å². The standard InChI is InChI=1S/2C20H15F.2C17H24FNO3.2C11H8FNO4.2C7H4FNO/c2*21-20(18-14-8-3-9-15-18)19(16-10-4-1-5-11-16)17-12-6-2-7-13-17;2*1-10-7-13(14(18)8-11(10)2)9-15(12(3)20)19-16(21)22-17(4,5)6;2*12-8-3-1-7(2-4-8)11(16)17-13-9(14)5-6-10(13)15;2*8-5-1-2-7-6(3-5)9-4-10-7/h2*1-15H;2*7-8,15H,9H2,1-6H3,(H,19,21);2*1-4H,5-6H2;2*1-4H/t;;2*15-;;;;/m..00..../s1/i21-1;;18-1;;12-1;;8-1;. The van der Waals surface area contributed by atoms with Crippen LogP contribution in [0.5, 0.6) is 0 Å². The highest BCUT2D eigenvalue weighted by Gasteiger charge is 2.35. The fourth-order valence-electron chi connectivity index (χ4n) is 13.1. The lowest BCUT2D eigenvalue weighted by Gasteiger charge is -2.23. The average molecular weight is 1910 g/mol. The number of nitrogens with zero attached hydrogens (tertiary/aromatic N) is 4. The molecule has 0 saturated carbocycles. The third kappa shape index (κ3) is 33.5. The zero-order valence-corrected chi connectivity index (χ0v) is 78.6. The second kappa shape index (κ2) is 51.5. The number of carbonyl (C=O) groups is 10. The summed E-state index contributed by atoms with van der Waals surface area (Å²) in [7, 11) is 0. The Labute approximate surface area is 803 Å². The van der Waals surface area contributed by atoms with Gasteiger partial charge in [0.05, 0.1) is 23.2 Å². The zero-order chi connectivity index (χ0) is 102. The number of fused-ring (bicyclic) bond motifs is 2. The highest BCUT2D eigenvalue weighted by molar-refractivity contribution is 6.04. The molecule has 0 spiro atoms. The number of benzene rings is 12. The molecule has 12 aromatic carbocycles. The van der Waals surface area contributed by atoms with Crippen molar-refractivity contribution in [3.05, 3.63) is 417 Å². The van der Waals surface area contributed by atoms with Crippen molar-refractivity contribution in [1.29, 1.82) is 0 Å². The van der Waals surface area contributed by atoms with Crippen molar-refractivity contribution in [2.24, 2.45) is 0 Å². The molecule has 2 aliphatic heterocycles. The highest BCUT2D eigenvalue weighted by Crippen LogP contribution is 2.36. The van der Waals surface area contributed by atoms with Crippen LogP contribution in [0.2, 0.25) is 0 Å². The molecule has 16 rings (SSSR count). The fourth-order valence-corrected chi connectivity index (χ4v) is 13.1. The minimum atomic E-state index is -0.867. The van der Waals surface area contributed by atoms with Gasteiger partial charge in [-0.15, -0.1) is 10.1 Å². The van der Waals surface area contributed by atoms with E-state index in [-0.39, 0.29) is 96.1 Å². The smallest absolute Gasteiger partial charge is 0.408 e. The molecule has 2 atom stereocenters. The van der Waals surface area contributed by atoms with E-state index in [1.165, 1.54) is 87.3 Å². The van der Waals surface area contributed by atoms with Gasteiger partial charge in [-0.05, 0) is 224 Å². The molecule has 140 heavy (non-hydrogen) atoms. The van der Waals surface area contributed by atoms with Crippen molar-refractivity contribution in [3.63, 3.8) is 0 Å². The summed E-state index contributed by atoms with van der Waals surface area (Å²) in [6.45, 7) is 20.5. The first kappa shape index (κ1) is 107. The Morgan fingerprint density at radius 1 is 0.350 bits per heavy atom. The van der Waals surface area contributed by atoms with Crippen molar-refractivity contribution >= 4 is 104 Å². The number of hydrogen-bond donors (Lipinski definition) is 2. The Hall–Kier alpha value is -16.4. The molecule has 2 aromatic heterocycles. The molecule has 2 N–H and O–H groups in total. The number of halogens is 8. The van der Waals surface area contributed by atoms with E-state index in [4.69, 9.17) is 18.3 Å². The van der Waals surface area contributed by atoms with E-state index in [2.05, 4.69) is 30.3 Å². The lowest BCUT2D eigenvalue weighted by atomic mass is 9.95. The van der Waals surface area contributed by atoms with Crippen LogP contribution < -0.4 is 10.6 Å². The summed E-state index contributed by atoms with van der Waals surface area (Å²) < 4.78 is 128. The molecule has 14 aromatic rings. The number of oxazole rings is 2. The topological polar surface area (TPSA) is 290 Å². The van der Waals surface area contributed by atoms with Gasteiger partial charge in [-0.3, -0.25) is 28.8 Å². The number of hydrogen-bond acceptors (Lipinski definition) is 18. The van der Waals surface area contributed by atoms with E-state index < -0.39 is 82.7 Å². The Kier molecular flexibility index (Phi) is 39.5. The number of rotatable bonds is 18. The molecule has 0 unspecified atom stereocenters. The number of hydroxylamine groups is 4. The van der Waals surface area contributed by atoms with Gasteiger partial charge in [0.2, 0.25) is 0 Å². The monoisotopic (exact) mass is 1910 g/mol. The van der Waals surface area contributed by atoms with Crippen molar-refractivity contribution in [1.82, 2.24) is 30.7 Å². The van der Waals surface area contributed by atoms with E-state index in [0.29, 0.717) is 65.7 Å². The summed E-state index contributed by atoms with van der Waals surface area (Å²) in [5, 5.41) is 5.91. The lowest BCUT2D eigenvalue weighted by Crippen LogP contribution is -2.44. The van der Waals surface area contributed by atoms with Crippen LogP contribution in [0.25, 0.3) is 45.0 Å². The van der Waals surface area contributed by atoms with Gasteiger partial charge < -0.3 is 38.6 Å². The van der Waals surface area contributed by atoms with Gasteiger partial charge in [-0.2, -0.15) is 0 Å². The molecule has 30 heteroatoms. The van der Waals surface area contributed by atoms with Gasteiger partial charge >= 0.3 is 24.1 Å². The third-order valence-electron chi connectivity index (χ3n) is 20.4. The quantitative estimate of drug-likeness (QED) is 0.0458. The molecule has 2 aliphatic rings.